The predicted octanol–water partition coefficient (Wildman–Crippen LogP) is 5.64. The number of rotatable bonds is 9. The number of carboxylic acids is 1. The molecule has 1 heterocycles. The number of nitrogens with one attached hydrogen (secondary N) is 1. The summed E-state index contributed by atoms with van der Waals surface area (Å²) in [6, 6.07) is 28.4. The summed E-state index contributed by atoms with van der Waals surface area (Å²) in [5.74, 6) is -0.332. The highest BCUT2D eigenvalue weighted by molar-refractivity contribution is 5.92. The van der Waals surface area contributed by atoms with Crippen molar-refractivity contribution in [1.29, 1.82) is 0 Å². The van der Waals surface area contributed by atoms with E-state index in [0.717, 1.165) is 27.8 Å². The first-order valence-corrected chi connectivity index (χ1v) is 13.0. The third-order valence-electron chi connectivity index (χ3n) is 7.14. The normalized spacial score (nSPS) is 13.7. The number of carbonyl (C=O) groups excluding carboxylic acids is 1. The number of alkyl carbamates (subject to hydrolysis) is 1. The molecule has 0 aromatic heterocycles. The van der Waals surface area contributed by atoms with Gasteiger partial charge in [0.2, 0.25) is 6.79 Å². The zero-order valence-corrected chi connectivity index (χ0v) is 21.5. The molecule has 1 atom stereocenters. The third kappa shape index (κ3) is 5.16. The van der Waals surface area contributed by atoms with E-state index >= 15 is 0 Å². The summed E-state index contributed by atoms with van der Waals surface area (Å²) in [6.07, 6.45) is -0.117. The molecule has 202 valence electrons. The Morgan fingerprint density at radius 3 is 2.17 bits per heavy atom. The largest absolute Gasteiger partial charge is 0.490 e. The first kappa shape index (κ1) is 25.3. The van der Waals surface area contributed by atoms with Gasteiger partial charge in [0.05, 0.1) is 6.04 Å². The van der Waals surface area contributed by atoms with Gasteiger partial charge in [0.15, 0.2) is 11.5 Å². The Morgan fingerprint density at radius 1 is 0.875 bits per heavy atom. The van der Waals surface area contributed by atoms with Crippen molar-refractivity contribution in [3.05, 3.63) is 113 Å². The minimum atomic E-state index is -1.16. The Labute approximate surface area is 231 Å². The lowest BCUT2D eigenvalue weighted by atomic mass is 9.98. The number of aromatic carboxylic acids is 1. The molecule has 6 rings (SSSR count). The summed E-state index contributed by atoms with van der Waals surface area (Å²) in [5.41, 5.74) is 5.50. The van der Waals surface area contributed by atoms with E-state index in [1.807, 2.05) is 54.6 Å². The van der Waals surface area contributed by atoms with Gasteiger partial charge >= 0.3 is 12.1 Å². The fourth-order valence-corrected chi connectivity index (χ4v) is 5.26. The SMILES string of the molecule is O=C(NC(COc1cc2c(cc1C(=O)O)OCO2)Cc1ccccc1)OCC1c2ccccc2-c2ccccc21. The van der Waals surface area contributed by atoms with Crippen LogP contribution in [0.1, 0.15) is 33.0 Å². The van der Waals surface area contributed by atoms with Gasteiger partial charge in [0.1, 0.15) is 24.5 Å². The van der Waals surface area contributed by atoms with Crippen LogP contribution in [-0.2, 0) is 11.2 Å². The summed E-state index contributed by atoms with van der Waals surface area (Å²) in [6.45, 7) is 0.209. The average Bonchev–Trinajstić information content (AvgIpc) is 3.57. The Balaban J connectivity index is 1.16. The van der Waals surface area contributed by atoms with Crippen molar-refractivity contribution in [3.63, 3.8) is 0 Å². The van der Waals surface area contributed by atoms with Gasteiger partial charge < -0.3 is 29.4 Å². The molecular weight excluding hydrogens is 510 g/mol. The number of amides is 1. The number of benzene rings is 4. The van der Waals surface area contributed by atoms with E-state index in [2.05, 4.69) is 29.6 Å². The summed E-state index contributed by atoms with van der Waals surface area (Å²) in [4.78, 5) is 24.9. The fraction of sp³-hybridized carbons (Fsp3) is 0.188. The number of hydrogen-bond acceptors (Lipinski definition) is 6. The highest BCUT2D eigenvalue weighted by Gasteiger charge is 2.29. The van der Waals surface area contributed by atoms with Crippen LogP contribution in [0, 0.1) is 0 Å². The quantitative estimate of drug-likeness (QED) is 0.285. The van der Waals surface area contributed by atoms with Crippen molar-refractivity contribution in [2.24, 2.45) is 0 Å². The van der Waals surface area contributed by atoms with Crippen molar-refractivity contribution < 1.29 is 33.6 Å². The molecule has 1 amide bonds. The molecule has 4 aromatic carbocycles. The van der Waals surface area contributed by atoms with Crippen LogP contribution in [-0.4, -0.2) is 43.2 Å². The monoisotopic (exact) mass is 537 g/mol. The standard InChI is InChI=1S/C32H27NO7/c34-31(35)26-15-29-30(40-19-39-29)16-28(26)37-17-21(14-20-8-2-1-3-9-20)33-32(36)38-18-27-24-12-6-4-10-22(24)23-11-5-7-13-25(23)27/h1-13,15-16,21,27H,14,17-19H2,(H,33,36)(H,34,35). The predicted molar refractivity (Wildman–Crippen MR) is 147 cm³/mol. The van der Waals surface area contributed by atoms with Crippen molar-refractivity contribution in [3.8, 4) is 28.4 Å². The summed E-state index contributed by atoms with van der Waals surface area (Å²) < 4.78 is 22.4. The highest BCUT2D eigenvalue weighted by atomic mass is 16.7. The molecule has 0 spiro atoms. The molecule has 0 saturated carbocycles. The van der Waals surface area contributed by atoms with Gasteiger partial charge in [-0.15, -0.1) is 0 Å². The van der Waals surface area contributed by atoms with Crippen LogP contribution in [0.2, 0.25) is 0 Å². The number of ether oxygens (including phenoxy) is 4. The molecule has 40 heavy (non-hydrogen) atoms. The highest BCUT2D eigenvalue weighted by Crippen LogP contribution is 2.44. The number of carbonyl (C=O) groups is 2. The van der Waals surface area contributed by atoms with E-state index in [-0.39, 0.29) is 37.2 Å². The summed E-state index contributed by atoms with van der Waals surface area (Å²) >= 11 is 0. The van der Waals surface area contributed by atoms with Crippen molar-refractivity contribution in [2.45, 2.75) is 18.4 Å². The van der Waals surface area contributed by atoms with E-state index in [4.69, 9.17) is 18.9 Å². The van der Waals surface area contributed by atoms with Crippen LogP contribution in [0.4, 0.5) is 4.79 Å². The van der Waals surface area contributed by atoms with Gasteiger partial charge in [-0.1, -0.05) is 78.9 Å². The lowest BCUT2D eigenvalue weighted by Crippen LogP contribution is -2.41. The van der Waals surface area contributed by atoms with E-state index in [0.29, 0.717) is 17.9 Å². The molecule has 1 aliphatic heterocycles. The first-order valence-electron chi connectivity index (χ1n) is 13.0. The first-order chi connectivity index (χ1) is 19.6. The molecule has 4 aromatic rings. The third-order valence-corrected chi connectivity index (χ3v) is 7.14. The molecule has 8 heteroatoms. The van der Waals surface area contributed by atoms with E-state index in [1.54, 1.807) is 0 Å². The zero-order chi connectivity index (χ0) is 27.5. The number of hydrogen-bond donors (Lipinski definition) is 2. The molecule has 8 nitrogen and oxygen atoms in total. The van der Waals surface area contributed by atoms with Gasteiger partial charge in [0.25, 0.3) is 0 Å². The summed E-state index contributed by atoms with van der Waals surface area (Å²) in [7, 11) is 0. The van der Waals surface area contributed by atoms with Crippen molar-refractivity contribution >= 4 is 12.1 Å². The molecule has 1 aliphatic carbocycles. The van der Waals surface area contributed by atoms with Crippen LogP contribution < -0.4 is 19.5 Å². The van der Waals surface area contributed by atoms with Gasteiger partial charge in [0, 0.05) is 18.1 Å². The molecule has 1 unspecified atom stereocenters. The van der Waals surface area contributed by atoms with Gasteiger partial charge in [-0.25, -0.2) is 9.59 Å². The fourth-order valence-electron chi connectivity index (χ4n) is 5.26. The topological polar surface area (TPSA) is 103 Å². The Bertz CT molecular complexity index is 1510. The van der Waals surface area contributed by atoms with E-state index < -0.39 is 18.1 Å². The van der Waals surface area contributed by atoms with Gasteiger partial charge in [-0.05, 0) is 34.2 Å². The zero-order valence-electron chi connectivity index (χ0n) is 21.5. The van der Waals surface area contributed by atoms with Crippen molar-refractivity contribution in [1.82, 2.24) is 5.32 Å². The van der Waals surface area contributed by atoms with Crippen molar-refractivity contribution in [2.75, 3.05) is 20.0 Å². The molecule has 2 aliphatic rings. The van der Waals surface area contributed by atoms with E-state index in [1.165, 1.54) is 12.1 Å². The number of carboxylic acid groups (broad SMARTS) is 1. The van der Waals surface area contributed by atoms with Crippen LogP contribution >= 0.6 is 0 Å². The minimum Gasteiger partial charge on any atom is -0.490 e. The molecule has 0 bridgehead atoms. The van der Waals surface area contributed by atoms with E-state index in [9.17, 15) is 14.7 Å². The Hall–Kier alpha value is -4.98. The maximum Gasteiger partial charge on any atom is 0.407 e. The van der Waals surface area contributed by atoms with Crippen LogP contribution in [0.5, 0.6) is 17.2 Å². The average molecular weight is 538 g/mol. The Kier molecular flexibility index (Phi) is 6.97. The molecule has 0 fully saturated rings. The minimum absolute atomic E-state index is 0.0117. The maximum absolute atomic E-state index is 13.0. The number of fused-ring (bicyclic) bond motifs is 4. The second-order valence-corrected chi connectivity index (χ2v) is 9.67. The van der Waals surface area contributed by atoms with Crippen LogP contribution in [0.3, 0.4) is 0 Å². The van der Waals surface area contributed by atoms with Gasteiger partial charge in [-0.3, -0.25) is 0 Å². The lowest BCUT2D eigenvalue weighted by Gasteiger charge is -2.21. The maximum atomic E-state index is 13.0. The second kappa shape index (κ2) is 11.0. The smallest absolute Gasteiger partial charge is 0.407 e. The van der Waals surface area contributed by atoms with Crippen LogP contribution in [0.25, 0.3) is 11.1 Å². The van der Waals surface area contributed by atoms with Crippen LogP contribution in [0.15, 0.2) is 91.0 Å². The Morgan fingerprint density at radius 2 is 1.50 bits per heavy atom. The molecular formula is C32H27NO7. The molecule has 2 N–H and O–H groups in total. The molecule has 0 saturated heterocycles. The lowest BCUT2D eigenvalue weighted by molar-refractivity contribution is 0.0690. The molecule has 0 radical (unpaired) electrons. The summed E-state index contributed by atoms with van der Waals surface area (Å²) in [5, 5.41) is 12.6. The van der Waals surface area contributed by atoms with Gasteiger partial charge in [-0.2, -0.15) is 0 Å². The second-order valence-electron chi connectivity index (χ2n) is 9.67.